The first-order valence-electron chi connectivity index (χ1n) is 6.11. The van der Waals surface area contributed by atoms with Gasteiger partial charge < -0.3 is 5.32 Å². The summed E-state index contributed by atoms with van der Waals surface area (Å²) in [6.45, 7) is 0. The van der Waals surface area contributed by atoms with Crippen LogP contribution < -0.4 is 5.32 Å². The predicted molar refractivity (Wildman–Crippen MR) is 62.0 cm³/mol. The van der Waals surface area contributed by atoms with Crippen LogP contribution in [0.5, 0.6) is 0 Å². The SMILES string of the molecule is O=C(CCC1CCCC1)NC1(CCl)CC1. The largest absolute Gasteiger partial charge is 0.349 e. The summed E-state index contributed by atoms with van der Waals surface area (Å²) < 4.78 is 0. The molecule has 1 N–H and O–H groups in total. The van der Waals surface area contributed by atoms with Crippen molar-refractivity contribution in [1.82, 2.24) is 5.32 Å². The molecule has 15 heavy (non-hydrogen) atoms. The average molecular weight is 230 g/mol. The van der Waals surface area contributed by atoms with Crippen LogP contribution in [0, 0.1) is 5.92 Å². The van der Waals surface area contributed by atoms with E-state index in [1.54, 1.807) is 0 Å². The summed E-state index contributed by atoms with van der Waals surface area (Å²) in [7, 11) is 0. The molecule has 2 aliphatic rings. The van der Waals surface area contributed by atoms with E-state index in [0.717, 1.165) is 25.2 Å². The molecule has 2 saturated carbocycles. The Hall–Kier alpha value is -0.240. The molecule has 0 saturated heterocycles. The average Bonchev–Trinajstić information content (AvgIpc) is 2.80. The fraction of sp³-hybridized carbons (Fsp3) is 0.917. The molecule has 0 unspecified atom stereocenters. The molecular formula is C12H20ClNO. The first-order valence-corrected chi connectivity index (χ1v) is 6.64. The van der Waals surface area contributed by atoms with Gasteiger partial charge in [0.1, 0.15) is 0 Å². The van der Waals surface area contributed by atoms with Crippen molar-refractivity contribution >= 4 is 17.5 Å². The third-order valence-corrected chi connectivity index (χ3v) is 4.28. The van der Waals surface area contributed by atoms with Crippen LogP contribution in [0.1, 0.15) is 51.4 Å². The minimum absolute atomic E-state index is 0.0195. The zero-order chi connectivity index (χ0) is 10.7. The smallest absolute Gasteiger partial charge is 0.220 e. The van der Waals surface area contributed by atoms with Crippen LogP contribution in [0.2, 0.25) is 0 Å². The van der Waals surface area contributed by atoms with E-state index in [-0.39, 0.29) is 11.4 Å². The predicted octanol–water partition coefficient (Wildman–Crippen LogP) is 2.84. The Labute approximate surface area is 96.8 Å². The number of carbonyl (C=O) groups excluding carboxylic acids is 1. The van der Waals surface area contributed by atoms with Gasteiger partial charge in [0.15, 0.2) is 0 Å². The van der Waals surface area contributed by atoms with Crippen molar-refractivity contribution in [2.24, 2.45) is 5.92 Å². The van der Waals surface area contributed by atoms with Gasteiger partial charge in [0, 0.05) is 12.3 Å². The zero-order valence-electron chi connectivity index (χ0n) is 9.23. The Kier molecular flexibility index (Phi) is 3.55. The second-order valence-corrected chi connectivity index (χ2v) is 5.42. The van der Waals surface area contributed by atoms with Gasteiger partial charge >= 0.3 is 0 Å². The molecule has 3 heteroatoms. The molecule has 0 aromatic heterocycles. The lowest BCUT2D eigenvalue weighted by atomic mass is 10.0. The molecule has 0 heterocycles. The topological polar surface area (TPSA) is 29.1 Å². The number of hydrogen-bond acceptors (Lipinski definition) is 1. The molecule has 86 valence electrons. The molecule has 0 aromatic rings. The quantitative estimate of drug-likeness (QED) is 0.722. The van der Waals surface area contributed by atoms with E-state index in [0.29, 0.717) is 12.3 Å². The van der Waals surface area contributed by atoms with E-state index in [1.807, 2.05) is 0 Å². The third kappa shape index (κ3) is 3.10. The number of alkyl halides is 1. The highest BCUT2D eigenvalue weighted by Gasteiger charge is 2.42. The van der Waals surface area contributed by atoms with Gasteiger partial charge in [0.25, 0.3) is 0 Å². The van der Waals surface area contributed by atoms with Crippen molar-refractivity contribution in [1.29, 1.82) is 0 Å². The Balaban J connectivity index is 1.64. The molecule has 0 atom stereocenters. The standard InChI is InChI=1S/C12H20ClNO/c13-9-12(7-8-12)14-11(15)6-5-10-3-1-2-4-10/h10H,1-9H2,(H,14,15). The second kappa shape index (κ2) is 4.73. The van der Waals surface area contributed by atoms with Crippen molar-refractivity contribution in [3.05, 3.63) is 0 Å². The number of amides is 1. The first-order chi connectivity index (χ1) is 7.24. The monoisotopic (exact) mass is 229 g/mol. The number of nitrogens with one attached hydrogen (secondary N) is 1. The minimum atomic E-state index is -0.0195. The molecule has 2 nitrogen and oxygen atoms in total. The summed E-state index contributed by atoms with van der Waals surface area (Å²) >= 11 is 5.81. The van der Waals surface area contributed by atoms with Gasteiger partial charge in [-0.15, -0.1) is 11.6 Å². The van der Waals surface area contributed by atoms with Crippen LogP contribution in [-0.4, -0.2) is 17.3 Å². The normalized spacial score (nSPS) is 24.1. The fourth-order valence-electron chi connectivity index (χ4n) is 2.44. The van der Waals surface area contributed by atoms with Crippen molar-refractivity contribution in [2.45, 2.75) is 56.9 Å². The third-order valence-electron chi connectivity index (χ3n) is 3.77. The van der Waals surface area contributed by atoms with Crippen LogP contribution in [0.4, 0.5) is 0 Å². The highest BCUT2D eigenvalue weighted by molar-refractivity contribution is 6.19. The van der Waals surface area contributed by atoms with Crippen LogP contribution in [0.3, 0.4) is 0 Å². The Morgan fingerprint density at radius 1 is 1.33 bits per heavy atom. The second-order valence-electron chi connectivity index (χ2n) is 5.15. The lowest BCUT2D eigenvalue weighted by Gasteiger charge is -2.15. The Morgan fingerprint density at radius 3 is 2.53 bits per heavy atom. The Morgan fingerprint density at radius 2 is 2.00 bits per heavy atom. The van der Waals surface area contributed by atoms with Crippen LogP contribution in [0.15, 0.2) is 0 Å². The highest BCUT2D eigenvalue weighted by Crippen LogP contribution is 2.36. The lowest BCUT2D eigenvalue weighted by Crippen LogP contribution is -2.38. The molecule has 2 aliphatic carbocycles. The van der Waals surface area contributed by atoms with Crippen molar-refractivity contribution in [2.75, 3.05) is 5.88 Å². The molecule has 0 spiro atoms. The van der Waals surface area contributed by atoms with Crippen molar-refractivity contribution < 1.29 is 4.79 Å². The molecular weight excluding hydrogens is 210 g/mol. The number of hydrogen-bond donors (Lipinski definition) is 1. The molecule has 2 rings (SSSR count). The van der Waals surface area contributed by atoms with Crippen molar-refractivity contribution in [3.63, 3.8) is 0 Å². The summed E-state index contributed by atoms with van der Waals surface area (Å²) in [6.07, 6.45) is 9.27. The van der Waals surface area contributed by atoms with Crippen LogP contribution in [-0.2, 0) is 4.79 Å². The van der Waals surface area contributed by atoms with Gasteiger partial charge in [0.2, 0.25) is 5.91 Å². The molecule has 1 amide bonds. The van der Waals surface area contributed by atoms with E-state index in [9.17, 15) is 4.79 Å². The number of halogens is 1. The lowest BCUT2D eigenvalue weighted by molar-refractivity contribution is -0.122. The summed E-state index contributed by atoms with van der Waals surface area (Å²) in [5.74, 6) is 1.59. The van der Waals surface area contributed by atoms with Crippen LogP contribution >= 0.6 is 11.6 Å². The van der Waals surface area contributed by atoms with Gasteiger partial charge in [-0.1, -0.05) is 25.7 Å². The maximum absolute atomic E-state index is 11.6. The van der Waals surface area contributed by atoms with Crippen LogP contribution in [0.25, 0.3) is 0 Å². The van der Waals surface area contributed by atoms with E-state index in [2.05, 4.69) is 5.32 Å². The van der Waals surface area contributed by atoms with Crippen molar-refractivity contribution in [3.8, 4) is 0 Å². The zero-order valence-corrected chi connectivity index (χ0v) is 9.98. The van der Waals surface area contributed by atoms with Gasteiger partial charge in [-0.25, -0.2) is 0 Å². The highest BCUT2D eigenvalue weighted by atomic mass is 35.5. The fourth-order valence-corrected chi connectivity index (χ4v) is 2.77. The first kappa shape index (κ1) is 11.3. The summed E-state index contributed by atoms with van der Waals surface area (Å²) in [5.41, 5.74) is -0.0195. The molecule has 0 aromatic carbocycles. The molecule has 0 bridgehead atoms. The van der Waals surface area contributed by atoms with E-state index >= 15 is 0 Å². The number of carbonyl (C=O) groups is 1. The van der Waals surface area contributed by atoms with Gasteiger partial charge in [-0.2, -0.15) is 0 Å². The maximum atomic E-state index is 11.6. The molecule has 2 fully saturated rings. The number of rotatable bonds is 5. The van der Waals surface area contributed by atoms with E-state index < -0.39 is 0 Å². The van der Waals surface area contributed by atoms with Gasteiger partial charge in [-0.3, -0.25) is 4.79 Å². The van der Waals surface area contributed by atoms with Gasteiger partial charge in [-0.05, 0) is 25.2 Å². The van der Waals surface area contributed by atoms with E-state index in [1.165, 1.54) is 25.7 Å². The minimum Gasteiger partial charge on any atom is -0.349 e. The Bertz CT molecular complexity index is 232. The maximum Gasteiger partial charge on any atom is 0.220 e. The summed E-state index contributed by atoms with van der Waals surface area (Å²) in [6, 6.07) is 0. The molecule has 0 aliphatic heterocycles. The van der Waals surface area contributed by atoms with E-state index in [4.69, 9.17) is 11.6 Å². The summed E-state index contributed by atoms with van der Waals surface area (Å²) in [5, 5.41) is 3.07. The summed E-state index contributed by atoms with van der Waals surface area (Å²) in [4.78, 5) is 11.6. The molecule has 0 radical (unpaired) electrons. The van der Waals surface area contributed by atoms with Gasteiger partial charge in [0.05, 0.1) is 5.54 Å².